The van der Waals surface area contributed by atoms with E-state index in [0.29, 0.717) is 0 Å². The Kier molecular flexibility index (Phi) is 2.89. The number of nitrogens with one attached hydrogen (secondary N) is 1. The molecule has 0 saturated carbocycles. The van der Waals surface area contributed by atoms with E-state index in [2.05, 4.69) is 4.98 Å². The summed E-state index contributed by atoms with van der Waals surface area (Å²) in [6.45, 7) is -2.89. The first-order valence-electron chi connectivity index (χ1n) is 5.99. The highest BCUT2D eigenvalue weighted by molar-refractivity contribution is 5.28. The molecule has 1 unspecified atom stereocenters. The summed E-state index contributed by atoms with van der Waals surface area (Å²) in [4.78, 5) is 15.1. The molecule has 4 atom stereocenters. The van der Waals surface area contributed by atoms with Crippen molar-refractivity contribution in [1.29, 1.82) is 0 Å². The molecule has 0 amide bonds. The highest BCUT2D eigenvalue weighted by Gasteiger charge is 2.43. The summed E-state index contributed by atoms with van der Waals surface area (Å²) in [7, 11) is 0. The predicted molar refractivity (Wildman–Crippen MR) is 56.9 cm³/mol. The molecule has 1 aromatic rings. The Hall–Kier alpha value is -1.52. The highest BCUT2D eigenvalue weighted by Crippen LogP contribution is 2.27. The molecule has 0 radical (unpaired) electrons. The second-order valence-electron chi connectivity index (χ2n) is 3.67. The first-order valence-corrected chi connectivity index (χ1v) is 4.99. The number of ether oxygens (including phenoxy) is 1. The van der Waals surface area contributed by atoms with Gasteiger partial charge in [0.1, 0.15) is 18.3 Å². The number of aliphatic hydroxyl groups is 3. The van der Waals surface area contributed by atoms with E-state index in [9.17, 15) is 20.1 Å². The minimum absolute atomic E-state index is 0.131. The van der Waals surface area contributed by atoms with E-state index >= 15 is 0 Å². The molecule has 2 heterocycles. The molecule has 0 aliphatic carbocycles. The van der Waals surface area contributed by atoms with Gasteiger partial charge in [-0.15, -0.1) is 0 Å². The molecule has 1 aromatic heterocycles. The number of nitrogens with zero attached hydrogens (tertiary/aromatic N) is 2. The third-order valence-corrected chi connectivity index (χ3v) is 2.58. The van der Waals surface area contributed by atoms with Crippen molar-refractivity contribution in [3.8, 4) is 0 Å². The van der Waals surface area contributed by atoms with Gasteiger partial charge in [-0.2, -0.15) is 4.98 Å². The standard InChI is InChI=1S/C9H13N3O6/c13-3-4-6(14)7(15)8(18-4)12-2-1-5(11-17)10-9(12)16/h1-2,4,6-8,13-15,17H,3H2,(H,10,11,16)/t4-,6?,7+,8-/m1/s1/i3D2. The lowest BCUT2D eigenvalue weighted by Gasteiger charge is -2.16. The van der Waals surface area contributed by atoms with Gasteiger partial charge in [0, 0.05) is 6.20 Å². The van der Waals surface area contributed by atoms with Crippen LogP contribution in [0.2, 0.25) is 0 Å². The van der Waals surface area contributed by atoms with Gasteiger partial charge in [0.05, 0.1) is 9.30 Å². The predicted octanol–water partition coefficient (Wildman–Crippen LogP) is -2.34. The molecule has 0 aromatic carbocycles. The molecule has 1 aliphatic heterocycles. The van der Waals surface area contributed by atoms with Gasteiger partial charge in [-0.3, -0.25) is 15.3 Å². The summed E-state index contributed by atoms with van der Waals surface area (Å²) in [5, 5.41) is 37.3. The molecule has 9 nitrogen and oxygen atoms in total. The van der Waals surface area contributed by atoms with Crippen molar-refractivity contribution < 1.29 is 28.0 Å². The smallest absolute Gasteiger partial charge is 0.351 e. The van der Waals surface area contributed by atoms with Crippen LogP contribution in [-0.2, 0) is 4.74 Å². The second kappa shape index (κ2) is 5.00. The lowest BCUT2D eigenvalue weighted by Crippen LogP contribution is -2.36. The van der Waals surface area contributed by atoms with Gasteiger partial charge in [0.25, 0.3) is 0 Å². The Labute approximate surface area is 104 Å². The van der Waals surface area contributed by atoms with Crippen LogP contribution >= 0.6 is 0 Å². The van der Waals surface area contributed by atoms with Crippen LogP contribution in [0.4, 0.5) is 5.82 Å². The summed E-state index contributed by atoms with van der Waals surface area (Å²) in [5.74, 6) is -0.131. The third-order valence-electron chi connectivity index (χ3n) is 2.58. The number of aliphatic hydroxyl groups excluding tert-OH is 2. The highest BCUT2D eigenvalue weighted by atomic mass is 16.6. The Bertz CT molecular complexity index is 547. The van der Waals surface area contributed by atoms with E-state index in [1.807, 2.05) is 0 Å². The fourth-order valence-corrected chi connectivity index (χ4v) is 1.66. The van der Waals surface area contributed by atoms with Crippen LogP contribution in [0.5, 0.6) is 0 Å². The van der Waals surface area contributed by atoms with Crippen LogP contribution in [0.3, 0.4) is 0 Å². The number of rotatable bonds is 3. The fraction of sp³-hybridized carbons (Fsp3) is 0.556. The summed E-state index contributed by atoms with van der Waals surface area (Å²) in [6, 6.07) is 1.20. The Morgan fingerprint density at radius 2 is 2.28 bits per heavy atom. The minimum Gasteiger partial charge on any atom is -0.394 e. The van der Waals surface area contributed by atoms with Crippen molar-refractivity contribution in [1.82, 2.24) is 9.55 Å². The summed E-state index contributed by atoms with van der Waals surface area (Å²) >= 11 is 0. The van der Waals surface area contributed by atoms with Gasteiger partial charge >= 0.3 is 5.69 Å². The molecule has 1 fully saturated rings. The molecule has 0 spiro atoms. The van der Waals surface area contributed by atoms with Crippen molar-refractivity contribution in [2.75, 3.05) is 12.0 Å². The van der Waals surface area contributed by atoms with Gasteiger partial charge in [-0.25, -0.2) is 4.79 Å². The number of anilines is 1. The van der Waals surface area contributed by atoms with E-state index in [0.717, 1.165) is 10.8 Å². The first-order chi connectivity index (χ1) is 9.25. The van der Waals surface area contributed by atoms with Crippen molar-refractivity contribution in [3.05, 3.63) is 22.7 Å². The normalized spacial score (nSPS) is 34.0. The maximum atomic E-state index is 11.7. The minimum atomic E-state index is -2.89. The van der Waals surface area contributed by atoms with Gasteiger partial charge in [0.15, 0.2) is 12.0 Å². The maximum Gasteiger partial charge on any atom is 0.351 e. The molecular weight excluding hydrogens is 246 g/mol. The summed E-state index contributed by atoms with van der Waals surface area (Å²) < 4.78 is 20.0. The first kappa shape index (κ1) is 10.4. The lowest BCUT2D eigenvalue weighted by molar-refractivity contribution is -0.0549. The number of hydrogen-bond acceptors (Lipinski definition) is 8. The largest absolute Gasteiger partial charge is 0.394 e. The van der Waals surface area contributed by atoms with Crippen molar-refractivity contribution in [2.45, 2.75) is 24.5 Å². The van der Waals surface area contributed by atoms with Crippen LogP contribution in [0.15, 0.2) is 17.1 Å². The van der Waals surface area contributed by atoms with Crippen LogP contribution in [0, 0.1) is 0 Å². The SMILES string of the molecule is [2H]C([2H])(O)[C@H]1O[C@@H](n2ccc(NO)nc2=O)[C@@H](O)C1O. The van der Waals surface area contributed by atoms with Crippen LogP contribution in [0.25, 0.3) is 0 Å². The number of aromatic nitrogens is 2. The maximum absolute atomic E-state index is 11.7. The van der Waals surface area contributed by atoms with Crippen molar-refractivity contribution in [2.24, 2.45) is 0 Å². The van der Waals surface area contributed by atoms with Crippen molar-refractivity contribution >= 4 is 5.82 Å². The molecule has 1 aliphatic rings. The summed E-state index contributed by atoms with van der Waals surface area (Å²) in [5.41, 5.74) is 0.758. The zero-order valence-corrected chi connectivity index (χ0v) is 8.96. The molecule has 9 heteroatoms. The monoisotopic (exact) mass is 261 g/mol. The number of hydrogen-bond donors (Lipinski definition) is 5. The molecule has 0 bridgehead atoms. The Morgan fingerprint density at radius 1 is 1.56 bits per heavy atom. The van der Waals surface area contributed by atoms with Gasteiger partial charge in [-0.05, 0) is 6.07 Å². The Morgan fingerprint density at radius 3 is 2.78 bits per heavy atom. The fourth-order valence-electron chi connectivity index (χ4n) is 1.66. The quantitative estimate of drug-likeness (QED) is 0.382. The van der Waals surface area contributed by atoms with E-state index in [1.54, 1.807) is 5.48 Å². The molecule has 18 heavy (non-hydrogen) atoms. The Balaban J connectivity index is 2.33. The van der Waals surface area contributed by atoms with E-state index in [4.69, 9.17) is 12.7 Å². The molecule has 1 saturated heterocycles. The van der Waals surface area contributed by atoms with E-state index in [1.165, 1.54) is 6.07 Å². The molecule has 100 valence electrons. The zero-order chi connectivity index (χ0) is 15.1. The van der Waals surface area contributed by atoms with Gasteiger partial charge in [-0.1, -0.05) is 0 Å². The molecular formula is C9H13N3O6. The summed E-state index contributed by atoms with van der Waals surface area (Å²) in [6.07, 6.45) is -5.35. The van der Waals surface area contributed by atoms with Crippen LogP contribution < -0.4 is 11.2 Å². The second-order valence-corrected chi connectivity index (χ2v) is 3.67. The molecule has 5 N–H and O–H groups in total. The topological polar surface area (TPSA) is 137 Å². The van der Waals surface area contributed by atoms with E-state index < -0.39 is 36.8 Å². The van der Waals surface area contributed by atoms with Crippen LogP contribution in [0.1, 0.15) is 8.97 Å². The average Bonchev–Trinajstić information content (AvgIpc) is 2.66. The average molecular weight is 261 g/mol. The van der Waals surface area contributed by atoms with Gasteiger partial charge in [0.2, 0.25) is 0 Å². The van der Waals surface area contributed by atoms with Gasteiger partial charge < -0.3 is 20.1 Å². The zero-order valence-electron chi connectivity index (χ0n) is 11.0. The molecule has 2 rings (SSSR count). The van der Waals surface area contributed by atoms with E-state index in [-0.39, 0.29) is 5.82 Å². The third kappa shape index (κ3) is 2.09. The van der Waals surface area contributed by atoms with Crippen molar-refractivity contribution in [3.63, 3.8) is 0 Å². The lowest BCUT2D eigenvalue weighted by atomic mass is 10.1. The van der Waals surface area contributed by atoms with Crippen LogP contribution in [-0.4, -0.2) is 54.9 Å².